The number of nitrogens with zero attached hydrogens (tertiary/aromatic N) is 1. The van der Waals surface area contributed by atoms with E-state index >= 15 is 0 Å². The normalized spacial score (nSPS) is 32.1. The van der Waals surface area contributed by atoms with Crippen LogP contribution in [0.15, 0.2) is 53.5 Å². The van der Waals surface area contributed by atoms with Crippen molar-refractivity contribution in [3.8, 4) is 0 Å². The molecule has 1 unspecified atom stereocenters. The molecule has 2 aliphatic rings. The van der Waals surface area contributed by atoms with Gasteiger partial charge in [0.1, 0.15) is 6.10 Å². The first-order valence-electron chi connectivity index (χ1n) is 11.9. The number of carbonyl (C=O) groups is 1. The molecule has 2 saturated heterocycles. The third kappa shape index (κ3) is 4.81. The van der Waals surface area contributed by atoms with E-state index in [2.05, 4.69) is 22.4 Å². The van der Waals surface area contributed by atoms with E-state index in [1.807, 2.05) is 44.1 Å². The molecule has 0 aliphatic carbocycles. The topological polar surface area (TPSA) is 115 Å². The van der Waals surface area contributed by atoms with Crippen LogP contribution in [-0.4, -0.2) is 76.1 Å². The Kier molecular flexibility index (Phi) is 6.96. The lowest BCUT2D eigenvalue weighted by Crippen LogP contribution is -2.61. The van der Waals surface area contributed by atoms with Crippen LogP contribution < -0.4 is 10.9 Å². The number of likely N-dealkylation sites (N-methyl/N-ethyl adjacent to an activating group) is 1. The van der Waals surface area contributed by atoms with Crippen molar-refractivity contribution in [3.63, 3.8) is 0 Å². The van der Waals surface area contributed by atoms with Gasteiger partial charge in [0.05, 0.1) is 22.9 Å². The molecule has 2 aliphatic heterocycles. The second-order valence-electron chi connectivity index (χ2n) is 10.2. The fourth-order valence-corrected chi connectivity index (χ4v) is 5.72. The summed E-state index contributed by atoms with van der Waals surface area (Å²) in [4.78, 5) is 28.4. The number of hydrogen-bond acceptors (Lipinski definition) is 6. The van der Waals surface area contributed by atoms with Gasteiger partial charge in [-0.15, -0.1) is 0 Å². The van der Waals surface area contributed by atoms with E-state index < -0.39 is 23.4 Å². The summed E-state index contributed by atoms with van der Waals surface area (Å²) in [6, 6.07) is 12.8. The van der Waals surface area contributed by atoms with E-state index in [1.165, 1.54) is 18.3 Å². The number of H-pyrrole nitrogens is 1. The van der Waals surface area contributed by atoms with Crippen LogP contribution in [0.25, 0.3) is 0 Å². The average Bonchev–Trinajstić information content (AvgIpc) is 2.90. The van der Waals surface area contributed by atoms with Crippen molar-refractivity contribution in [2.24, 2.45) is 0 Å². The number of amides is 1. The smallest absolute Gasteiger partial charge is 0.252 e. The Labute approximate surface area is 200 Å². The summed E-state index contributed by atoms with van der Waals surface area (Å²) in [6.07, 6.45) is 2.11. The van der Waals surface area contributed by atoms with Crippen molar-refractivity contribution in [1.29, 1.82) is 0 Å². The Hall–Kier alpha value is -2.52. The SMILES string of the molecule is CN(C)[C@@H]1CC[C@@]2(C(O)CNC(=O)c3ccc(=O)[nH]c3)C[C@H](c3ccccc3)C[C@](C)(O2)[C@H]1O. The number of aliphatic hydroxyl groups is 2. The zero-order valence-corrected chi connectivity index (χ0v) is 20.0. The predicted octanol–water partition coefficient (Wildman–Crippen LogP) is 1.64. The highest BCUT2D eigenvalue weighted by atomic mass is 16.6. The standard InChI is InChI=1S/C26H35N3O5/c1-25-13-19(17-7-5-4-6-8-17)14-26(34-25,12-11-20(23(25)32)29(2)3)21(30)16-28-24(33)18-9-10-22(31)27-15-18/h4-10,15,19-21,23,30,32H,11-14,16H2,1-3H3,(H,27,31)(H,28,33)/t19-,20-,21?,23+,25+,26+/m1/s1. The summed E-state index contributed by atoms with van der Waals surface area (Å²) in [6.45, 7) is 1.94. The number of ether oxygens (including phenoxy) is 1. The van der Waals surface area contributed by atoms with E-state index in [-0.39, 0.29) is 30.0 Å². The molecule has 0 saturated carbocycles. The molecule has 2 aromatic rings. The summed E-state index contributed by atoms with van der Waals surface area (Å²) in [5.74, 6) is -0.287. The molecule has 8 heteroatoms. The van der Waals surface area contributed by atoms with Crippen molar-refractivity contribution in [2.45, 2.75) is 68.0 Å². The molecular weight excluding hydrogens is 434 g/mol. The minimum absolute atomic E-state index is 0.00171. The maximum Gasteiger partial charge on any atom is 0.252 e. The number of aromatic amines is 1. The van der Waals surface area contributed by atoms with Crippen molar-refractivity contribution in [2.75, 3.05) is 20.6 Å². The van der Waals surface area contributed by atoms with E-state index in [4.69, 9.17) is 4.74 Å². The minimum Gasteiger partial charge on any atom is -0.388 e. The van der Waals surface area contributed by atoms with Gasteiger partial charge < -0.3 is 30.2 Å². The van der Waals surface area contributed by atoms with Crippen molar-refractivity contribution in [3.05, 3.63) is 70.1 Å². The van der Waals surface area contributed by atoms with Gasteiger partial charge in [-0.2, -0.15) is 0 Å². The number of nitrogens with one attached hydrogen (secondary N) is 2. The van der Waals surface area contributed by atoms with Gasteiger partial charge in [-0.25, -0.2) is 0 Å². The van der Waals surface area contributed by atoms with Gasteiger partial charge in [0.25, 0.3) is 5.91 Å². The number of fused-ring (bicyclic) bond motifs is 2. The van der Waals surface area contributed by atoms with Gasteiger partial charge in [0, 0.05) is 24.8 Å². The van der Waals surface area contributed by atoms with E-state index in [0.717, 1.165) is 5.56 Å². The van der Waals surface area contributed by atoms with Crippen LogP contribution in [0.5, 0.6) is 0 Å². The molecule has 1 aromatic carbocycles. The second kappa shape index (κ2) is 9.62. The summed E-state index contributed by atoms with van der Waals surface area (Å²) in [5.41, 5.74) is -0.595. The van der Waals surface area contributed by atoms with Crippen LogP contribution in [0, 0.1) is 0 Å². The first-order chi connectivity index (χ1) is 16.1. The number of hydrogen-bond donors (Lipinski definition) is 4. The lowest BCUT2D eigenvalue weighted by molar-refractivity contribution is -0.250. The number of carbonyl (C=O) groups excluding carboxylic acids is 1. The minimum atomic E-state index is -0.974. The Morgan fingerprint density at radius 2 is 1.97 bits per heavy atom. The molecule has 3 heterocycles. The monoisotopic (exact) mass is 469 g/mol. The molecule has 2 fully saturated rings. The maximum atomic E-state index is 12.6. The van der Waals surface area contributed by atoms with Gasteiger partial charge in [-0.05, 0) is 64.3 Å². The first-order valence-corrected chi connectivity index (χ1v) is 11.9. The Bertz CT molecular complexity index is 1040. The highest BCUT2D eigenvalue weighted by Crippen LogP contribution is 2.51. The zero-order valence-electron chi connectivity index (χ0n) is 20.0. The molecule has 1 amide bonds. The van der Waals surface area contributed by atoms with Crippen LogP contribution in [0.4, 0.5) is 0 Å². The lowest BCUT2D eigenvalue weighted by atomic mass is 9.72. The van der Waals surface area contributed by atoms with Gasteiger partial charge in [0.2, 0.25) is 5.56 Å². The summed E-state index contributed by atoms with van der Waals surface area (Å²) in [7, 11) is 3.91. The number of benzene rings is 1. The fourth-order valence-electron chi connectivity index (χ4n) is 5.72. The predicted molar refractivity (Wildman–Crippen MR) is 129 cm³/mol. The molecule has 4 N–H and O–H groups in total. The van der Waals surface area contributed by atoms with Gasteiger partial charge in [-0.1, -0.05) is 30.3 Å². The molecule has 4 rings (SSSR count). The Morgan fingerprint density at radius 3 is 2.62 bits per heavy atom. The summed E-state index contributed by atoms with van der Waals surface area (Å²) >= 11 is 0. The molecule has 8 nitrogen and oxygen atoms in total. The van der Waals surface area contributed by atoms with Crippen molar-refractivity contribution in [1.82, 2.24) is 15.2 Å². The highest BCUT2D eigenvalue weighted by Gasteiger charge is 2.57. The second-order valence-corrected chi connectivity index (χ2v) is 10.2. The lowest BCUT2D eigenvalue weighted by Gasteiger charge is -2.52. The molecule has 1 aromatic heterocycles. The molecule has 184 valence electrons. The first kappa shape index (κ1) is 24.6. The van der Waals surface area contributed by atoms with E-state index in [0.29, 0.717) is 31.2 Å². The molecule has 6 atom stereocenters. The fraction of sp³-hybridized carbons (Fsp3) is 0.538. The van der Waals surface area contributed by atoms with E-state index in [1.54, 1.807) is 0 Å². The molecule has 2 bridgehead atoms. The maximum absolute atomic E-state index is 12.6. The molecule has 0 radical (unpaired) electrons. The average molecular weight is 470 g/mol. The highest BCUT2D eigenvalue weighted by molar-refractivity contribution is 5.93. The zero-order chi connectivity index (χ0) is 24.5. The largest absolute Gasteiger partial charge is 0.388 e. The molecular formula is C26H35N3O5. The van der Waals surface area contributed by atoms with Crippen molar-refractivity contribution >= 4 is 5.91 Å². The third-order valence-electron chi connectivity index (χ3n) is 7.58. The van der Waals surface area contributed by atoms with Crippen molar-refractivity contribution < 1.29 is 19.7 Å². The Morgan fingerprint density at radius 1 is 1.24 bits per heavy atom. The van der Waals surface area contributed by atoms with E-state index in [9.17, 15) is 19.8 Å². The number of aromatic nitrogens is 1. The molecule has 0 spiro atoms. The quantitative estimate of drug-likeness (QED) is 0.511. The number of aliphatic hydroxyl groups excluding tert-OH is 2. The summed E-state index contributed by atoms with van der Waals surface area (Å²) in [5, 5.41) is 25.6. The number of rotatable bonds is 6. The van der Waals surface area contributed by atoms with Gasteiger partial charge >= 0.3 is 0 Å². The third-order valence-corrected chi connectivity index (χ3v) is 7.58. The van der Waals surface area contributed by atoms with Crippen LogP contribution in [-0.2, 0) is 4.74 Å². The molecule has 34 heavy (non-hydrogen) atoms. The van der Waals surface area contributed by atoms with Crippen LogP contribution >= 0.6 is 0 Å². The van der Waals surface area contributed by atoms with Crippen LogP contribution in [0.3, 0.4) is 0 Å². The Balaban J connectivity index is 1.61. The summed E-state index contributed by atoms with van der Waals surface area (Å²) < 4.78 is 6.66. The van der Waals surface area contributed by atoms with Gasteiger partial charge in [0.15, 0.2) is 0 Å². The van der Waals surface area contributed by atoms with Crippen LogP contribution in [0.1, 0.15) is 54.4 Å². The van der Waals surface area contributed by atoms with Gasteiger partial charge in [-0.3, -0.25) is 9.59 Å². The van der Waals surface area contributed by atoms with Crippen LogP contribution in [0.2, 0.25) is 0 Å². The number of pyridine rings is 1.